The summed E-state index contributed by atoms with van der Waals surface area (Å²) in [5.41, 5.74) is 3.46. The third kappa shape index (κ3) is 4.53. The maximum Gasteiger partial charge on any atom is 0.281 e. The van der Waals surface area contributed by atoms with Crippen LogP contribution in [-0.2, 0) is 18.4 Å². The summed E-state index contributed by atoms with van der Waals surface area (Å²) >= 11 is 8.82. The first-order valence-corrected chi connectivity index (χ1v) is 11.0. The van der Waals surface area contributed by atoms with Crippen molar-refractivity contribution in [2.24, 2.45) is 7.05 Å². The number of carbonyl (C=O) groups excluding carboxylic acids is 1. The lowest BCUT2D eigenvalue weighted by Crippen LogP contribution is -2.30. The number of carbonyl (C=O) groups is 1. The zero-order chi connectivity index (χ0) is 22.8. The number of nitrogens with one attached hydrogen (secondary N) is 1. The van der Waals surface area contributed by atoms with Gasteiger partial charge in [0, 0.05) is 23.3 Å². The highest BCUT2D eigenvalue weighted by molar-refractivity contribution is 9.10. The molecule has 1 aromatic heterocycles. The lowest BCUT2D eigenvalue weighted by molar-refractivity contribution is -0.113. The quantitative estimate of drug-likeness (QED) is 0.391. The Balaban J connectivity index is 1.57. The molecular weight excluding hydrogens is 492 g/mol. The summed E-state index contributed by atoms with van der Waals surface area (Å²) in [6.45, 7) is 2.16. The molecule has 32 heavy (non-hydrogen) atoms. The van der Waals surface area contributed by atoms with Gasteiger partial charge in [-0.05, 0) is 67.2 Å². The number of amides is 1. The van der Waals surface area contributed by atoms with Crippen molar-refractivity contribution < 1.29 is 14.3 Å². The third-order valence-electron chi connectivity index (χ3n) is 4.93. The number of benzene rings is 2. The summed E-state index contributed by atoms with van der Waals surface area (Å²) in [4.78, 5) is 14.5. The number of ether oxygens (including phenoxy) is 2. The van der Waals surface area contributed by atoms with E-state index >= 15 is 0 Å². The van der Waals surface area contributed by atoms with Crippen LogP contribution in [0.2, 0.25) is 0 Å². The lowest BCUT2D eigenvalue weighted by Gasteiger charge is -2.12. The summed E-state index contributed by atoms with van der Waals surface area (Å²) in [6.07, 6.45) is 3.54. The fraction of sp³-hybridized carbons (Fsp3) is 0.174. The van der Waals surface area contributed by atoms with E-state index in [-0.39, 0.29) is 5.91 Å². The molecule has 1 aliphatic rings. The average molecular weight is 513 g/mol. The predicted molar refractivity (Wildman–Crippen MR) is 131 cm³/mol. The van der Waals surface area contributed by atoms with Gasteiger partial charge in [0.15, 0.2) is 5.11 Å². The molecule has 0 saturated carbocycles. The van der Waals surface area contributed by atoms with E-state index in [1.807, 2.05) is 49.4 Å². The van der Waals surface area contributed by atoms with E-state index in [9.17, 15) is 4.79 Å². The van der Waals surface area contributed by atoms with Crippen LogP contribution in [0.25, 0.3) is 6.08 Å². The Morgan fingerprint density at radius 1 is 1.22 bits per heavy atom. The van der Waals surface area contributed by atoms with E-state index in [1.165, 1.54) is 4.90 Å². The Morgan fingerprint density at radius 2 is 1.97 bits per heavy atom. The Morgan fingerprint density at radius 3 is 2.62 bits per heavy atom. The first kappa shape index (κ1) is 22.0. The molecule has 0 aliphatic carbocycles. The molecule has 0 unspecified atom stereocenters. The van der Waals surface area contributed by atoms with Gasteiger partial charge in [-0.3, -0.25) is 9.48 Å². The fourth-order valence-electron chi connectivity index (χ4n) is 3.42. The molecule has 164 valence electrons. The Hall–Kier alpha value is -3.17. The fourth-order valence-corrected chi connectivity index (χ4v) is 3.98. The zero-order valence-corrected chi connectivity index (χ0v) is 20.2. The first-order valence-electron chi connectivity index (χ1n) is 9.78. The molecule has 2 aromatic carbocycles. The van der Waals surface area contributed by atoms with E-state index < -0.39 is 0 Å². The molecular formula is C23H21BrN4O3S. The van der Waals surface area contributed by atoms with Crippen LogP contribution in [0.3, 0.4) is 0 Å². The smallest absolute Gasteiger partial charge is 0.281 e. The van der Waals surface area contributed by atoms with Crippen molar-refractivity contribution in [3.8, 4) is 11.5 Å². The minimum atomic E-state index is -0.227. The summed E-state index contributed by atoms with van der Waals surface area (Å²) in [7, 11) is 3.42. The van der Waals surface area contributed by atoms with Gasteiger partial charge < -0.3 is 14.8 Å². The van der Waals surface area contributed by atoms with Crippen molar-refractivity contribution in [3.63, 3.8) is 0 Å². The molecule has 0 spiro atoms. The van der Waals surface area contributed by atoms with Crippen molar-refractivity contribution in [3.05, 3.63) is 75.7 Å². The Kier molecular flexibility index (Phi) is 6.29. The molecule has 9 heteroatoms. The van der Waals surface area contributed by atoms with Gasteiger partial charge in [-0.2, -0.15) is 5.10 Å². The lowest BCUT2D eigenvalue weighted by atomic mass is 10.1. The van der Waals surface area contributed by atoms with Crippen molar-refractivity contribution in [2.75, 3.05) is 12.0 Å². The maximum atomic E-state index is 13.0. The number of thiocarbonyl (C=S) groups is 1. The number of hydrogen-bond acceptors (Lipinski definition) is 5. The van der Waals surface area contributed by atoms with Crippen LogP contribution in [-0.4, -0.2) is 27.9 Å². The summed E-state index contributed by atoms with van der Waals surface area (Å²) < 4.78 is 14.0. The number of aryl methyl sites for hydroxylation is 2. The molecule has 0 bridgehead atoms. The minimum absolute atomic E-state index is 0.227. The molecule has 0 radical (unpaired) electrons. The summed E-state index contributed by atoms with van der Waals surface area (Å²) in [5, 5.41) is 7.64. The topological polar surface area (TPSA) is 68.6 Å². The van der Waals surface area contributed by atoms with Crippen molar-refractivity contribution in [1.29, 1.82) is 0 Å². The number of rotatable bonds is 6. The molecule has 1 N–H and O–H groups in total. The van der Waals surface area contributed by atoms with Crippen LogP contribution in [0.15, 0.2) is 58.8 Å². The zero-order valence-electron chi connectivity index (χ0n) is 17.8. The van der Waals surface area contributed by atoms with Crippen LogP contribution in [0, 0.1) is 6.92 Å². The molecule has 0 atom stereocenters. The van der Waals surface area contributed by atoms with Crippen LogP contribution in [0.1, 0.15) is 16.8 Å². The number of nitrogens with zero attached hydrogens (tertiary/aromatic N) is 3. The minimum Gasteiger partial charge on any atom is -0.496 e. The van der Waals surface area contributed by atoms with Crippen LogP contribution in [0.5, 0.6) is 11.5 Å². The van der Waals surface area contributed by atoms with Gasteiger partial charge in [-0.1, -0.05) is 22.0 Å². The van der Waals surface area contributed by atoms with Crippen LogP contribution >= 0.6 is 28.1 Å². The molecule has 3 aromatic rings. The van der Waals surface area contributed by atoms with Crippen molar-refractivity contribution in [2.45, 2.75) is 13.5 Å². The SMILES string of the molecule is COc1ccc(/C=C2/NC(=S)N(c3cn(C)nc3C)C2=O)cc1COc1ccc(Br)cc1. The molecule has 2 heterocycles. The second-order valence-corrected chi connectivity index (χ2v) is 8.52. The second-order valence-electron chi connectivity index (χ2n) is 7.22. The molecule has 4 rings (SSSR count). The van der Waals surface area contributed by atoms with Gasteiger partial charge in [0.05, 0.1) is 18.5 Å². The van der Waals surface area contributed by atoms with Gasteiger partial charge >= 0.3 is 0 Å². The first-order chi connectivity index (χ1) is 15.4. The highest BCUT2D eigenvalue weighted by Crippen LogP contribution is 2.27. The molecule has 1 saturated heterocycles. The van der Waals surface area contributed by atoms with E-state index in [1.54, 1.807) is 31.1 Å². The number of aromatic nitrogens is 2. The predicted octanol–water partition coefficient (Wildman–Crippen LogP) is 4.34. The van der Waals surface area contributed by atoms with E-state index in [0.717, 1.165) is 27.0 Å². The van der Waals surface area contributed by atoms with Crippen molar-refractivity contribution in [1.82, 2.24) is 15.1 Å². The molecule has 7 nitrogen and oxygen atoms in total. The largest absolute Gasteiger partial charge is 0.496 e. The Labute approximate surface area is 199 Å². The average Bonchev–Trinajstić information content (AvgIpc) is 3.24. The number of methoxy groups -OCH3 is 1. The Bertz CT molecular complexity index is 1220. The van der Waals surface area contributed by atoms with Gasteiger partial charge in [0.2, 0.25) is 0 Å². The van der Waals surface area contributed by atoms with Crippen LogP contribution < -0.4 is 19.7 Å². The van der Waals surface area contributed by atoms with E-state index in [4.69, 9.17) is 21.7 Å². The highest BCUT2D eigenvalue weighted by Gasteiger charge is 2.33. The molecule has 1 fully saturated rings. The van der Waals surface area contributed by atoms with E-state index in [0.29, 0.717) is 28.9 Å². The number of halogens is 1. The van der Waals surface area contributed by atoms with Gasteiger partial charge in [0.1, 0.15) is 23.8 Å². The summed E-state index contributed by atoms with van der Waals surface area (Å²) in [6, 6.07) is 13.3. The highest BCUT2D eigenvalue weighted by atomic mass is 79.9. The third-order valence-corrected chi connectivity index (χ3v) is 5.74. The van der Waals surface area contributed by atoms with Gasteiger partial charge in [-0.25, -0.2) is 4.90 Å². The molecule has 1 amide bonds. The second kappa shape index (κ2) is 9.13. The van der Waals surface area contributed by atoms with Crippen LogP contribution in [0.4, 0.5) is 5.69 Å². The van der Waals surface area contributed by atoms with Crippen molar-refractivity contribution >= 4 is 50.9 Å². The summed E-state index contributed by atoms with van der Waals surface area (Å²) in [5.74, 6) is 1.23. The monoisotopic (exact) mass is 512 g/mol. The normalized spacial score (nSPS) is 14.8. The van der Waals surface area contributed by atoms with Gasteiger partial charge in [-0.15, -0.1) is 0 Å². The maximum absolute atomic E-state index is 13.0. The number of anilines is 1. The standard InChI is InChI=1S/C23H21BrN4O3S/c1-14-20(12-27(2)26-14)28-22(29)19(25-23(28)32)11-15-4-9-21(30-3)16(10-15)13-31-18-7-5-17(24)6-8-18/h4-12H,13H2,1-3H3,(H,25,32)/b19-11+. The van der Waals surface area contributed by atoms with Gasteiger partial charge in [0.25, 0.3) is 5.91 Å². The van der Waals surface area contributed by atoms with E-state index in [2.05, 4.69) is 26.3 Å². The number of hydrogen-bond donors (Lipinski definition) is 1. The molecule has 1 aliphatic heterocycles.